The number of benzene rings is 2. The van der Waals surface area contributed by atoms with Crippen molar-refractivity contribution in [2.45, 2.75) is 82.8 Å². The summed E-state index contributed by atoms with van der Waals surface area (Å²) in [5.41, 5.74) is 0.424. The van der Waals surface area contributed by atoms with E-state index in [0.29, 0.717) is 30.9 Å². The normalized spacial score (nSPS) is 15.4. The molecule has 1 aliphatic heterocycles. The molecule has 0 saturated carbocycles. The number of hydrogen-bond donors (Lipinski definition) is 1. The Hall–Kier alpha value is -2.92. The molecule has 1 aliphatic rings. The zero-order valence-electron chi connectivity index (χ0n) is 25.6. The minimum absolute atomic E-state index is 0.197. The van der Waals surface area contributed by atoms with Gasteiger partial charge in [0.15, 0.2) is 0 Å². The van der Waals surface area contributed by atoms with E-state index in [1.54, 1.807) is 34.9 Å². The lowest BCUT2D eigenvalue weighted by Crippen LogP contribution is -2.36. The first-order valence-electron chi connectivity index (χ1n) is 14.5. The van der Waals surface area contributed by atoms with E-state index in [1.807, 2.05) is 45.0 Å². The molecule has 1 unspecified atom stereocenters. The summed E-state index contributed by atoms with van der Waals surface area (Å²) in [5.74, 6) is 1.04. The largest absolute Gasteiger partial charge is 0.488 e. The molecule has 1 N–H and O–H groups in total. The summed E-state index contributed by atoms with van der Waals surface area (Å²) in [4.78, 5) is 28.5. The number of nitrogens with zero attached hydrogens (tertiary/aromatic N) is 2. The van der Waals surface area contributed by atoms with E-state index in [0.717, 1.165) is 21.2 Å². The molecule has 232 valence electrons. The summed E-state index contributed by atoms with van der Waals surface area (Å²) in [6.45, 7) is 8.51. The Labute approximate surface area is 255 Å². The molecule has 0 aliphatic carbocycles. The lowest BCUT2D eigenvalue weighted by atomic mass is 10.1. The molecular weight excluding hydrogens is 574 g/mol. The Morgan fingerprint density at radius 2 is 1.76 bits per heavy atom. The van der Waals surface area contributed by atoms with E-state index >= 15 is 0 Å². The van der Waals surface area contributed by atoms with Crippen LogP contribution in [0, 0.1) is 0 Å². The number of sulfonamides is 1. The minimum atomic E-state index is -3.66. The predicted octanol–water partition coefficient (Wildman–Crippen LogP) is 6.79. The third kappa shape index (κ3) is 10.4. The van der Waals surface area contributed by atoms with E-state index in [4.69, 9.17) is 9.47 Å². The highest BCUT2D eigenvalue weighted by atomic mass is 32.2. The quantitative estimate of drug-likeness (QED) is 0.195. The Bertz CT molecular complexity index is 1310. The number of ether oxygens (including phenoxy) is 2. The molecule has 2 aromatic carbocycles. The van der Waals surface area contributed by atoms with Crippen molar-refractivity contribution in [3.05, 3.63) is 48.0 Å². The molecule has 42 heavy (non-hydrogen) atoms. The average molecular weight is 620 g/mol. The van der Waals surface area contributed by atoms with Crippen LogP contribution in [0.4, 0.5) is 16.2 Å². The summed E-state index contributed by atoms with van der Waals surface area (Å²) in [5, 5.41) is 2.88. The number of rotatable bonds is 13. The van der Waals surface area contributed by atoms with Gasteiger partial charge < -0.3 is 19.7 Å². The van der Waals surface area contributed by atoms with E-state index in [9.17, 15) is 18.0 Å². The molecule has 0 radical (unpaired) electrons. The maximum Gasteiger partial charge on any atom is 0.410 e. The van der Waals surface area contributed by atoms with Crippen LogP contribution in [0.1, 0.15) is 76.6 Å². The van der Waals surface area contributed by atoms with Gasteiger partial charge in [0.05, 0.1) is 24.1 Å². The number of hydrogen-bond acceptors (Lipinski definition) is 7. The van der Waals surface area contributed by atoms with Gasteiger partial charge in [-0.25, -0.2) is 13.2 Å². The lowest BCUT2D eigenvalue weighted by Gasteiger charge is -2.24. The van der Waals surface area contributed by atoms with Crippen molar-refractivity contribution in [2.75, 3.05) is 41.8 Å². The summed E-state index contributed by atoms with van der Waals surface area (Å²) in [6.07, 6.45) is 7.22. The molecule has 1 saturated heterocycles. The van der Waals surface area contributed by atoms with Crippen LogP contribution < -0.4 is 14.4 Å². The van der Waals surface area contributed by atoms with Gasteiger partial charge in [-0.1, -0.05) is 32.6 Å². The second-order valence-corrected chi connectivity index (χ2v) is 14.8. The van der Waals surface area contributed by atoms with Crippen LogP contribution in [0.3, 0.4) is 0 Å². The number of thioether (sulfide) groups is 1. The molecule has 2 amide bonds. The maximum absolute atomic E-state index is 13.3. The van der Waals surface area contributed by atoms with Crippen molar-refractivity contribution in [3.63, 3.8) is 0 Å². The standard InChI is InChI=1S/C31H45N3O6S2/c1-7-8-9-10-11-20-41-26-15-12-23(13-16-26)32-29(35)27-17-14-24(21-28(27)33(5)42(6,37)38)39-25-18-19-34(22-25)30(36)40-31(2,3)4/h12-17,21,25H,7-11,18-20,22H2,1-6H3,(H,32,35). The van der Waals surface area contributed by atoms with Gasteiger partial charge in [0.2, 0.25) is 10.0 Å². The van der Waals surface area contributed by atoms with Crippen LogP contribution in [0.2, 0.25) is 0 Å². The number of carbonyl (C=O) groups excluding carboxylic acids is 2. The monoisotopic (exact) mass is 619 g/mol. The highest BCUT2D eigenvalue weighted by Gasteiger charge is 2.31. The highest BCUT2D eigenvalue weighted by Crippen LogP contribution is 2.30. The zero-order chi connectivity index (χ0) is 30.9. The van der Waals surface area contributed by atoms with Gasteiger partial charge in [-0.2, -0.15) is 0 Å². The summed E-state index contributed by atoms with van der Waals surface area (Å²) >= 11 is 1.80. The van der Waals surface area contributed by atoms with Gasteiger partial charge in [0, 0.05) is 36.7 Å². The predicted molar refractivity (Wildman–Crippen MR) is 170 cm³/mol. The number of unbranched alkanes of at least 4 members (excludes halogenated alkanes) is 4. The molecule has 3 rings (SSSR count). The van der Waals surface area contributed by atoms with Crippen molar-refractivity contribution in [1.29, 1.82) is 0 Å². The van der Waals surface area contributed by atoms with Crippen molar-refractivity contribution in [2.24, 2.45) is 0 Å². The van der Waals surface area contributed by atoms with E-state index in [1.165, 1.54) is 39.2 Å². The van der Waals surface area contributed by atoms with Gasteiger partial charge in [0.1, 0.15) is 17.5 Å². The molecule has 0 aromatic heterocycles. The molecule has 9 nitrogen and oxygen atoms in total. The average Bonchev–Trinajstić information content (AvgIpc) is 3.38. The maximum atomic E-state index is 13.3. The van der Waals surface area contributed by atoms with E-state index < -0.39 is 27.6 Å². The van der Waals surface area contributed by atoms with Crippen LogP contribution >= 0.6 is 11.8 Å². The number of anilines is 2. The van der Waals surface area contributed by atoms with Gasteiger partial charge in [-0.3, -0.25) is 9.10 Å². The van der Waals surface area contributed by atoms with Crippen LogP contribution in [-0.4, -0.2) is 69.2 Å². The third-order valence-corrected chi connectivity index (χ3v) is 9.07. The van der Waals surface area contributed by atoms with E-state index in [-0.39, 0.29) is 17.4 Å². The first-order valence-corrected chi connectivity index (χ1v) is 17.4. The summed E-state index contributed by atoms with van der Waals surface area (Å²) < 4.78 is 37.5. The Kier molecular flexibility index (Phi) is 12.0. The number of likely N-dealkylation sites (tertiary alicyclic amines) is 1. The molecule has 1 fully saturated rings. The molecule has 11 heteroatoms. The fraction of sp³-hybridized carbons (Fsp3) is 0.548. The third-order valence-electron chi connectivity index (χ3n) is 6.78. The van der Waals surface area contributed by atoms with Crippen LogP contribution in [0.5, 0.6) is 5.75 Å². The molecular formula is C31H45N3O6S2. The van der Waals surface area contributed by atoms with Crippen molar-refractivity contribution in [1.82, 2.24) is 4.90 Å². The Balaban J connectivity index is 1.67. The Morgan fingerprint density at radius 1 is 1.07 bits per heavy atom. The fourth-order valence-corrected chi connectivity index (χ4v) is 5.87. The smallest absolute Gasteiger partial charge is 0.410 e. The van der Waals surface area contributed by atoms with E-state index in [2.05, 4.69) is 12.2 Å². The van der Waals surface area contributed by atoms with Crippen LogP contribution in [-0.2, 0) is 14.8 Å². The number of carbonyl (C=O) groups is 2. The lowest BCUT2D eigenvalue weighted by molar-refractivity contribution is 0.0275. The first kappa shape index (κ1) is 33.6. The van der Waals surface area contributed by atoms with Gasteiger partial charge >= 0.3 is 6.09 Å². The van der Waals surface area contributed by atoms with Crippen molar-refractivity contribution in [3.8, 4) is 5.75 Å². The summed E-state index contributed by atoms with van der Waals surface area (Å²) in [6, 6.07) is 12.4. The van der Waals surface area contributed by atoms with Crippen LogP contribution in [0.15, 0.2) is 47.4 Å². The second kappa shape index (κ2) is 15.0. The van der Waals surface area contributed by atoms with Crippen molar-refractivity contribution >= 4 is 45.2 Å². The SMILES string of the molecule is CCCCCCCSc1ccc(NC(=O)c2ccc(OC3CCN(C(=O)OC(C)(C)C)C3)cc2N(C)S(C)(=O)=O)cc1. The van der Waals surface area contributed by atoms with Crippen LogP contribution in [0.25, 0.3) is 0 Å². The fourth-order valence-electron chi connectivity index (χ4n) is 4.45. The summed E-state index contributed by atoms with van der Waals surface area (Å²) in [7, 11) is -2.26. The number of amides is 2. The molecule has 0 bridgehead atoms. The molecule has 2 aromatic rings. The number of nitrogens with one attached hydrogen (secondary N) is 1. The molecule has 1 atom stereocenters. The highest BCUT2D eigenvalue weighted by molar-refractivity contribution is 7.99. The minimum Gasteiger partial charge on any atom is -0.488 e. The topological polar surface area (TPSA) is 105 Å². The van der Waals surface area contributed by atoms with Gasteiger partial charge in [0.25, 0.3) is 5.91 Å². The molecule has 1 heterocycles. The second-order valence-electron chi connectivity index (χ2n) is 11.6. The van der Waals surface area contributed by atoms with Gasteiger partial charge in [-0.05, 0) is 69.3 Å². The molecule has 0 spiro atoms. The first-order chi connectivity index (χ1) is 19.8. The van der Waals surface area contributed by atoms with Crippen molar-refractivity contribution < 1.29 is 27.5 Å². The van der Waals surface area contributed by atoms with Gasteiger partial charge in [-0.15, -0.1) is 11.8 Å². The Morgan fingerprint density at radius 3 is 2.40 bits per heavy atom. The zero-order valence-corrected chi connectivity index (χ0v) is 27.3.